The number of carbonyl (C=O) groups excluding carboxylic acids is 1. The number of hydrogen-bond donors (Lipinski definition) is 1. The summed E-state index contributed by atoms with van der Waals surface area (Å²) in [5, 5.41) is 2.79. The Morgan fingerprint density at radius 2 is 1.96 bits per heavy atom. The van der Waals surface area contributed by atoms with E-state index in [4.69, 9.17) is 4.74 Å². The molecule has 0 aliphatic heterocycles. The van der Waals surface area contributed by atoms with Crippen LogP contribution in [-0.2, 0) is 4.74 Å². The van der Waals surface area contributed by atoms with Crippen LogP contribution in [0.1, 0.15) is 59.5 Å². The molecule has 0 radical (unpaired) electrons. The van der Waals surface area contributed by atoms with E-state index >= 15 is 0 Å². The molecule has 0 spiro atoms. The van der Waals surface area contributed by atoms with Gasteiger partial charge in [-0.05, 0) is 59.7 Å². The predicted octanol–water partition coefficient (Wildman–Crippen LogP) is 4.34. The third-order valence-corrected chi connectivity index (χ3v) is 3.32. The zero-order valence-corrected chi connectivity index (χ0v) is 14.5. The van der Waals surface area contributed by atoms with Gasteiger partial charge >= 0.3 is 6.09 Å². The standard InChI is InChI=1S/C17H24FN3O2/c1-10(2)21-14-9-12(18)7-8-13(14)20-15(21)11(3)19-16(22)23-17(4,5)6/h7-11H,1-6H3,(H,19,22). The SMILES string of the molecule is CC(NC(=O)OC(C)(C)C)c1nc2ccc(F)cc2n1C(C)C. The lowest BCUT2D eigenvalue weighted by Crippen LogP contribution is -2.35. The minimum Gasteiger partial charge on any atom is -0.444 e. The average molecular weight is 321 g/mol. The molecule has 1 atom stereocenters. The van der Waals surface area contributed by atoms with Crippen molar-refractivity contribution in [2.24, 2.45) is 0 Å². The molecule has 2 rings (SSSR count). The Morgan fingerprint density at radius 1 is 1.30 bits per heavy atom. The number of carbonyl (C=O) groups is 1. The Balaban J connectivity index is 2.35. The maximum Gasteiger partial charge on any atom is 0.408 e. The highest BCUT2D eigenvalue weighted by molar-refractivity contribution is 5.76. The fourth-order valence-corrected chi connectivity index (χ4v) is 2.48. The maximum atomic E-state index is 13.6. The van der Waals surface area contributed by atoms with Crippen LogP contribution < -0.4 is 5.32 Å². The van der Waals surface area contributed by atoms with E-state index in [0.29, 0.717) is 16.9 Å². The molecule has 0 aliphatic carbocycles. The first-order valence-electron chi connectivity index (χ1n) is 7.75. The second-order valence-corrected chi connectivity index (χ2v) is 6.93. The van der Waals surface area contributed by atoms with Crippen molar-refractivity contribution >= 4 is 17.1 Å². The van der Waals surface area contributed by atoms with Gasteiger partial charge in [-0.15, -0.1) is 0 Å². The molecule has 0 saturated carbocycles. The minimum absolute atomic E-state index is 0.0830. The lowest BCUT2D eigenvalue weighted by molar-refractivity contribution is 0.0504. The van der Waals surface area contributed by atoms with Crippen molar-refractivity contribution in [3.63, 3.8) is 0 Å². The number of aromatic nitrogens is 2. The van der Waals surface area contributed by atoms with Crippen LogP contribution in [0.3, 0.4) is 0 Å². The molecule has 1 unspecified atom stereocenters. The molecule has 2 aromatic rings. The van der Waals surface area contributed by atoms with Crippen LogP contribution in [0.5, 0.6) is 0 Å². The number of nitrogens with zero attached hydrogens (tertiary/aromatic N) is 2. The van der Waals surface area contributed by atoms with Gasteiger partial charge in [0.2, 0.25) is 0 Å². The van der Waals surface area contributed by atoms with Crippen molar-refractivity contribution < 1.29 is 13.9 Å². The highest BCUT2D eigenvalue weighted by Crippen LogP contribution is 2.25. The second-order valence-electron chi connectivity index (χ2n) is 6.93. The number of rotatable bonds is 3. The van der Waals surface area contributed by atoms with Crippen LogP contribution in [0.15, 0.2) is 18.2 Å². The third-order valence-electron chi connectivity index (χ3n) is 3.32. The number of halogens is 1. The molecule has 1 heterocycles. The second kappa shape index (κ2) is 6.18. The Bertz CT molecular complexity index is 716. The van der Waals surface area contributed by atoms with E-state index in [0.717, 1.165) is 0 Å². The van der Waals surface area contributed by atoms with Gasteiger partial charge in [-0.2, -0.15) is 0 Å². The lowest BCUT2D eigenvalue weighted by atomic mass is 10.2. The van der Waals surface area contributed by atoms with Gasteiger partial charge < -0.3 is 14.6 Å². The van der Waals surface area contributed by atoms with Crippen LogP contribution in [0.2, 0.25) is 0 Å². The Kier molecular flexibility index (Phi) is 4.63. The molecule has 1 amide bonds. The minimum atomic E-state index is -0.564. The number of benzene rings is 1. The van der Waals surface area contributed by atoms with E-state index in [1.807, 2.05) is 46.1 Å². The molecular weight excluding hydrogens is 297 g/mol. The summed E-state index contributed by atoms with van der Waals surface area (Å²) in [5.41, 5.74) is 0.853. The fraction of sp³-hybridized carbons (Fsp3) is 0.529. The van der Waals surface area contributed by atoms with Crippen molar-refractivity contribution in [2.45, 2.75) is 59.2 Å². The molecule has 0 bridgehead atoms. The molecule has 6 heteroatoms. The van der Waals surface area contributed by atoms with E-state index in [2.05, 4.69) is 10.3 Å². The van der Waals surface area contributed by atoms with Crippen molar-refractivity contribution in [1.29, 1.82) is 0 Å². The number of ether oxygens (including phenoxy) is 1. The predicted molar refractivity (Wildman–Crippen MR) is 87.9 cm³/mol. The highest BCUT2D eigenvalue weighted by atomic mass is 19.1. The molecule has 5 nitrogen and oxygen atoms in total. The van der Waals surface area contributed by atoms with Gasteiger partial charge in [-0.1, -0.05) is 0 Å². The highest BCUT2D eigenvalue weighted by Gasteiger charge is 2.23. The van der Waals surface area contributed by atoms with Gasteiger partial charge in [-0.3, -0.25) is 0 Å². The molecule has 23 heavy (non-hydrogen) atoms. The van der Waals surface area contributed by atoms with Crippen LogP contribution in [-0.4, -0.2) is 21.2 Å². The van der Waals surface area contributed by atoms with Crippen molar-refractivity contribution in [1.82, 2.24) is 14.9 Å². The quantitative estimate of drug-likeness (QED) is 0.915. The van der Waals surface area contributed by atoms with Gasteiger partial charge in [0, 0.05) is 6.04 Å². The van der Waals surface area contributed by atoms with Gasteiger partial charge in [0.1, 0.15) is 17.2 Å². The van der Waals surface area contributed by atoms with Crippen molar-refractivity contribution in [2.75, 3.05) is 0 Å². The molecule has 0 aliphatic rings. The number of amides is 1. The summed E-state index contributed by atoms with van der Waals surface area (Å²) in [6, 6.07) is 4.22. The molecular formula is C17H24FN3O2. The molecule has 0 saturated heterocycles. The molecule has 126 valence electrons. The van der Waals surface area contributed by atoms with E-state index in [1.54, 1.807) is 6.07 Å². The van der Waals surface area contributed by atoms with E-state index < -0.39 is 11.7 Å². The normalized spacial score (nSPS) is 13.4. The smallest absolute Gasteiger partial charge is 0.408 e. The Hall–Kier alpha value is -2.11. The zero-order chi connectivity index (χ0) is 17.4. The number of hydrogen-bond acceptors (Lipinski definition) is 3. The van der Waals surface area contributed by atoms with Gasteiger partial charge in [0.15, 0.2) is 0 Å². The van der Waals surface area contributed by atoms with Crippen molar-refractivity contribution in [3.05, 3.63) is 29.8 Å². The maximum absolute atomic E-state index is 13.6. The fourth-order valence-electron chi connectivity index (χ4n) is 2.48. The van der Waals surface area contributed by atoms with Crippen LogP contribution >= 0.6 is 0 Å². The summed E-state index contributed by atoms with van der Waals surface area (Å²) in [4.78, 5) is 16.5. The first-order chi connectivity index (χ1) is 10.6. The van der Waals surface area contributed by atoms with Crippen LogP contribution in [0.4, 0.5) is 9.18 Å². The van der Waals surface area contributed by atoms with Gasteiger partial charge in [0.05, 0.1) is 17.1 Å². The van der Waals surface area contributed by atoms with Gasteiger partial charge in [-0.25, -0.2) is 14.2 Å². The number of nitrogens with one attached hydrogen (secondary N) is 1. The summed E-state index contributed by atoms with van der Waals surface area (Å²) in [6.45, 7) is 11.3. The Morgan fingerprint density at radius 3 is 2.52 bits per heavy atom. The Labute approximate surface area is 135 Å². The van der Waals surface area contributed by atoms with E-state index in [-0.39, 0.29) is 17.9 Å². The van der Waals surface area contributed by atoms with E-state index in [9.17, 15) is 9.18 Å². The summed E-state index contributed by atoms with van der Waals surface area (Å²) in [6.07, 6.45) is -0.501. The number of imidazole rings is 1. The van der Waals surface area contributed by atoms with Gasteiger partial charge in [0.25, 0.3) is 0 Å². The summed E-state index contributed by atoms with van der Waals surface area (Å²) < 4.78 is 20.8. The first kappa shape index (κ1) is 17.2. The van der Waals surface area contributed by atoms with Crippen molar-refractivity contribution in [3.8, 4) is 0 Å². The first-order valence-corrected chi connectivity index (χ1v) is 7.75. The molecule has 1 aromatic heterocycles. The van der Waals surface area contributed by atoms with E-state index in [1.165, 1.54) is 12.1 Å². The number of fused-ring (bicyclic) bond motifs is 1. The summed E-state index contributed by atoms with van der Waals surface area (Å²) >= 11 is 0. The largest absolute Gasteiger partial charge is 0.444 e. The number of alkyl carbamates (subject to hydrolysis) is 1. The monoisotopic (exact) mass is 321 g/mol. The van der Waals surface area contributed by atoms with Crippen LogP contribution in [0.25, 0.3) is 11.0 Å². The molecule has 1 N–H and O–H groups in total. The molecule has 0 fully saturated rings. The van der Waals surface area contributed by atoms with Crippen LogP contribution in [0, 0.1) is 5.82 Å². The summed E-state index contributed by atoms with van der Waals surface area (Å²) in [5.74, 6) is 0.366. The third kappa shape index (κ3) is 4.00. The lowest BCUT2D eigenvalue weighted by Gasteiger charge is -2.23. The zero-order valence-electron chi connectivity index (χ0n) is 14.5. The molecule has 1 aromatic carbocycles. The average Bonchev–Trinajstić information content (AvgIpc) is 2.74. The topological polar surface area (TPSA) is 56.1 Å². The summed E-state index contributed by atoms with van der Waals surface area (Å²) in [7, 11) is 0.